The number of carboxylic acids is 1. The predicted molar refractivity (Wildman–Crippen MR) is 140 cm³/mol. The summed E-state index contributed by atoms with van der Waals surface area (Å²) in [6.45, 7) is 0.692. The molecule has 2 heterocycles. The van der Waals surface area contributed by atoms with E-state index in [9.17, 15) is 14.4 Å². The highest BCUT2D eigenvalue weighted by molar-refractivity contribution is 6.40. The van der Waals surface area contributed by atoms with Gasteiger partial charge in [0, 0.05) is 41.5 Å². The Morgan fingerprint density at radius 1 is 1.00 bits per heavy atom. The number of amides is 1. The van der Waals surface area contributed by atoms with E-state index >= 15 is 0 Å². The third kappa shape index (κ3) is 6.61. The number of quaternary nitrogens is 1. The largest absolute Gasteiger partial charge is 0.478 e. The zero-order chi connectivity index (χ0) is 26.6. The molecule has 9 nitrogen and oxygen atoms in total. The lowest BCUT2D eigenvalue weighted by Gasteiger charge is -2.35. The summed E-state index contributed by atoms with van der Waals surface area (Å²) in [6, 6.07) is 11.9. The van der Waals surface area contributed by atoms with Gasteiger partial charge in [0.25, 0.3) is 0 Å². The van der Waals surface area contributed by atoms with Gasteiger partial charge in [-0.1, -0.05) is 46.9 Å². The van der Waals surface area contributed by atoms with Crippen molar-refractivity contribution >= 4 is 64.0 Å². The Kier molecular flexibility index (Phi) is 8.39. The number of nitrogens with one attached hydrogen (secondary N) is 1. The fourth-order valence-corrected chi connectivity index (χ4v) is 4.94. The molecule has 2 aromatic carbocycles. The van der Waals surface area contributed by atoms with Crippen LogP contribution < -0.4 is 10.4 Å². The summed E-state index contributed by atoms with van der Waals surface area (Å²) in [5.74, 6) is -2.66. The summed E-state index contributed by atoms with van der Waals surface area (Å²) in [7, 11) is 0. The molecule has 194 valence electrons. The number of hydrogen-bond donors (Lipinski definition) is 2. The van der Waals surface area contributed by atoms with Gasteiger partial charge in [-0.15, -0.1) is 0 Å². The van der Waals surface area contributed by atoms with Crippen molar-refractivity contribution in [1.29, 1.82) is 0 Å². The highest BCUT2D eigenvalue weighted by Gasteiger charge is 2.41. The van der Waals surface area contributed by atoms with Crippen molar-refractivity contribution in [2.75, 3.05) is 18.1 Å². The van der Waals surface area contributed by atoms with Crippen molar-refractivity contribution in [2.45, 2.75) is 31.7 Å². The van der Waals surface area contributed by atoms with Crippen LogP contribution in [-0.2, 0) is 19.2 Å². The van der Waals surface area contributed by atoms with Crippen LogP contribution in [0.2, 0.25) is 15.1 Å². The first kappa shape index (κ1) is 26.9. The molecule has 0 bridgehead atoms. The Morgan fingerprint density at radius 3 is 2.32 bits per heavy atom. The molecule has 2 aliphatic rings. The van der Waals surface area contributed by atoms with Crippen LogP contribution in [0.1, 0.15) is 37.3 Å². The fourth-order valence-electron chi connectivity index (χ4n) is 4.32. The molecule has 2 aromatic rings. The molecule has 2 N–H and O–H groups in total. The van der Waals surface area contributed by atoms with E-state index in [4.69, 9.17) is 44.7 Å². The molecular formula is C25H24Cl3N4O5+. The van der Waals surface area contributed by atoms with Gasteiger partial charge in [-0.05, 0) is 47.1 Å². The smallest absolute Gasteiger partial charge is 0.394 e. The monoisotopic (exact) mass is 565 g/mol. The topological polar surface area (TPSA) is 108 Å². The highest BCUT2D eigenvalue weighted by Crippen LogP contribution is 2.40. The van der Waals surface area contributed by atoms with Crippen molar-refractivity contribution in [3.05, 3.63) is 75.2 Å². The maximum absolute atomic E-state index is 13.5. The molecular weight excluding hydrogens is 543 g/mol. The van der Waals surface area contributed by atoms with Gasteiger partial charge in [0.1, 0.15) is 18.8 Å². The van der Waals surface area contributed by atoms with E-state index < -0.39 is 22.6 Å². The highest BCUT2D eigenvalue weighted by atomic mass is 35.5. The fraction of sp³-hybridized carbons (Fsp3) is 0.280. The minimum Gasteiger partial charge on any atom is -0.478 e. The van der Waals surface area contributed by atoms with Crippen LogP contribution in [0.3, 0.4) is 0 Å². The van der Waals surface area contributed by atoms with Crippen molar-refractivity contribution in [2.24, 2.45) is 5.10 Å². The molecule has 1 unspecified atom stereocenters. The summed E-state index contributed by atoms with van der Waals surface area (Å²) in [5.41, 5.74) is 4.47. The van der Waals surface area contributed by atoms with Crippen LogP contribution in [-0.4, -0.2) is 46.5 Å². The average Bonchev–Trinajstić information content (AvgIpc) is 3.29. The van der Waals surface area contributed by atoms with Gasteiger partial charge in [-0.25, -0.2) is 14.4 Å². The second kappa shape index (κ2) is 11.5. The van der Waals surface area contributed by atoms with Crippen LogP contribution in [0.15, 0.2) is 59.7 Å². The zero-order valence-electron chi connectivity index (χ0n) is 19.6. The van der Waals surface area contributed by atoms with Crippen LogP contribution in [0, 0.1) is 0 Å². The average molecular weight is 567 g/mol. The quantitative estimate of drug-likeness (QED) is 0.357. The molecule has 0 radical (unpaired) electrons. The van der Waals surface area contributed by atoms with E-state index in [0.717, 1.165) is 18.1 Å². The van der Waals surface area contributed by atoms with Crippen LogP contribution in [0.5, 0.6) is 0 Å². The third-order valence-electron chi connectivity index (χ3n) is 6.05. The molecule has 4 rings (SSSR count). The van der Waals surface area contributed by atoms with Gasteiger partial charge < -0.3 is 5.11 Å². The zero-order valence-corrected chi connectivity index (χ0v) is 21.8. The second-order valence-corrected chi connectivity index (χ2v) is 9.96. The number of hydrazone groups is 1. The maximum Gasteiger partial charge on any atom is 0.394 e. The molecule has 1 amide bonds. The van der Waals surface area contributed by atoms with Crippen molar-refractivity contribution in [3.8, 4) is 0 Å². The summed E-state index contributed by atoms with van der Waals surface area (Å²) < 4.78 is -0.450. The van der Waals surface area contributed by atoms with Crippen LogP contribution >= 0.6 is 34.8 Å². The van der Waals surface area contributed by atoms with Crippen molar-refractivity contribution in [1.82, 2.24) is 5.43 Å². The number of benzene rings is 2. The number of aliphatic carboxylic acids is 1. The normalized spacial score (nSPS) is 18.9. The first-order chi connectivity index (χ1) is 17.7. The molecule has 37 heavy (non-hydrogen) atoms. The predicted octanol–water partition coefficient (Wildman–Crippen LogP) is 5.09. The molecule has 0 spiro atoms. The Hall–Kier alpha value is -3.11. The summed E-state index contributed by atoms with van der Waals surface area (Å²) in [4.78, 5) is 42.0. The number of halogens is 3. The van der Waals surface area contributed by atoms with Crippen molar-refractivity contribution < 1.29 is 29.1 Å². The maximum atomic E-state index is 13.5. The van der Waals surface area contributed by atoms with E-state index in [1.165, 1.54) is 0 Å². The second-order valence-electron chi connectivity index (χ2n) is 8.68. The third-order valence-corrected chi connectivity index (χ3v) is 6.84. The van der Waals surface area contributed by atoms with Gasteiger partial charge in [0.2, 0.25) is 0 Å². The van der Waals surface area contributed by atoms with E-state index in [2.05, 4.69) is 10.5 Å². The van der Waals surface area contributed by atoms with Crippen LogP contribution in [0.25, 0.3) is 0 Å². The van der Waals surface area contributed by atoms with E-state index in [-0.39, 0.29) is 18.2 Å². The van der Waals surface area contributed by atoms with Gasteiger partial charge >= 0.3 is 17.8 Å². The minimum absolute atomic E-state index is 0.214. The lowest BCUT2D eigenvalue weighted by atomic mass is 10.0. The van der Waals surface area contributed by atoms with Gasteiger partial charge in [0.15, 0.2) is 0 Å². The van der Waals surface area contributed by atoms with Gasteiger partial charge in [0.05, 0.1) is 16.8 Å². The standard InChI is InChI=1S/C25H23Cl3N4O5/c26-17-6-4-16(5-7-17)22-15-20(29-31(22)21-9-8-18(27)14-19(21)28)25(36)30-32(12-2-1-3-13-32)37-24(35)11-10-23(33)34/h4-11,14,22H,1-3,12-13,15H2,(H-,30,33,34,36)/p+1. The molecule has 1 atom stereocenters. The Bertz CT molecular complexity index is 1260. The van der Waals surface area contributed by atoms with E-state index in [0.29, 0.717) is 52.8 Å². The number of hydroxylamine groups is 2. The first-order valence-corrected chi connectivity index (χ1v) is 12.7. The molecule has 0 aliphatic carbocycles. The summed E-state index contributed by atoms with van der Waals surface area (Å²) >= 11 is 18.6. The Balaban J connectivity index is 1.62. The molecule has 1 saturated heterocycles. The lowest BCUT2D eigenvalue weighted by Crippen LogP contribution is -2.64. The van der Waals surface area contributed by atoms with Crippen molar-refractivity contribution in [3.63, 3.8) is 0 Å². The van der Waals surface area contributed by atoms with Crippen LogP contribution in [0.4, 0.5) is 5.69 Å². The summed E-state index contributed by atoms with van der Waals surface area (Å²) in [6.07, 6.45) is 4.10. The number of carbonyl (C=O) groups excluding carboxylic acids is 2. The molecule has 12 heteroatoms. The molecule has 2 aliphatic heterocycles. The Morgan fingerprint density at radius 2 is 1.68 bits per heavy atom. The summed E-state index contributed by atoms with van der Waals surface area (Å²) in [5, 5.41) is 16.5. The number of rotatable bonds is 7. The Labute approximate surface area is 228 Å². The number of nitrogens with zero attached hydrogens (tertiary/aromatic N) is 3. The minimum atomic E-state index is -1.28. The van der Waals surface area contributed by atoms with Gasteiger partial charge in [-0.2, -0.15) is 10.5 Å². The van der Waals surface area contributed by atoms with Gasteiger partial charge in [-0.3, -0.25) is 9.80 Å². The number of anilines is 1. The number of carboxylic acid groups (broad SMARTS) is 1. The lowest BCUT2D eigenvalue weighted by molar-refractivity contribution is -1.12. The molecule has 1 fully saturated rings. The first-order valence-electron chi connectivity index (χ1n) is 11.6. The molecule has 0 aromatic heterocycles. The number of hydrogen-bond acceptors (Lipinski definition) is 6. The number of carbonyl (C=O) groups is 3. The van der Waals surface area contributed by atoms with E-state index in [1.54, 1.807) is 35.3 Å². The SMILES string of the molecule is O=C(O)C=CC(=O)O[N+]1(NC(=O)C2=NN(c3ccc(Cl)cc3Cl)C(c3ccc(Cl)cc3)C2)CCCCC1. The molecule has 0 saturated carbocycles. The van der Waals surface area contributed by atoms with E-state index in [1.807, 2.05) is 12.1 Å². The number of piperidine rings is 1.